The van der Waals surface area contributed by atoms with E-state index in [-0.39, 0.29) is 17.5 Å². The molecular formula is C13H23N3O2S. The van der Waals surface area contributed by atoms with Crippen molar-refractivity contribution in [3.63, 3.8) is 0 Å². The van der Waals surface area contributed by atoms with Gasteiger partial charge in [0.1, 0.15) is 4.90 Å². The predicted octanol–water partition coefficient (Wildman–Crippen LogP) is 1.64. The van der Waals surface area contributed by atoms with Crippen molar-refractivity contribution < 1.29 is 8.42 Å². The molecule has 0 aliphatic heterocycles. The first-order valence-corrected chi connectivity index (χ1v) is 8.05. The number of aromatic nitrogens is 1. The van der Waals surface area contributed by atoms with Crippen molar-refractivity contribution in [2.45, 2.75) is 51.1 Å². The van der Waals surface area contributed by atoms with Gasteiger partial charge in [0.2, 0.25) is 10.0 Å². The van der Waals surface area contributed by atoms with Crippen LogP contribution in [0, 0.1) is 5.92 Å². The first-order valence-electron chi connectivity index (χ1n) is 6.57. The molecule has 0 aliphatic carbocycles. The largest absolute Gasteiger partial charge is 0.325 e. The fraction of sp³-hybridized carbons (Fsp3) is 0.615. The van der Waals surface area contributed by atoms with Gasteiger partial charge in [-0.1, -0.05) is 20.3 Å². The zero-order valence-corrected chi connectivity index (χ0v) is 12.6. The highest BCUT2D eigenvalue weighted by Crippen LogP contribution is 2.15. The SMILES string of the molecule is CCC(C)CC(C)NS(=O)(=O)c1cccnc1CN. The molecule has 0 saturated carbocycles. The van der Waals surface area contributed by atoms with Crippen molar-refractivity contribution in [1.29, 1.82) is 0 Å². The van der Waals surface area contributed by atoms with Gasteiger partial charge in [-0.3, -0.25) is 4.98 Å². The van der Waals surface area contributed by atoms with Crippen molar-refractivity contribution in [2.24, 2.45) is 11.7 Å². The smallest absolute Gasteiger partial charge is 0.242 e. The summed E-state index contributed by atoms with van der Waals surface area (Å²) in [5.74, 6) is 0.487. The van der Waals surface area contributed by atoms with Crippen LogP contribution in [-0.4, -0.2) is 19.4 Å². The lowest BCUT2D eigenvalue weighted by Crippen LogP contribution is -2.34. The van der Waals surface area contributed by atoms with Crippen LogP contribution in [0.4, 0.5) is 0 Å². The fourth-order valence-corrected chi connectivity index (χ4v) is 3.42. The van der Waals surface area contributed by atoms with E-state index in [2.05, 4.69) is 23.6 Å². The number of pyridine rings is 1. The summed E-state index contributed by atoms with van der Waals surface area (Å²) in [5.41, 5.74) is 5.92. The van der Waals surface area contributed by atoms with Crippen molar-refractivity contribution >= 4 is 10.0 Å². The highest BCUT2D eigenvalue weighted by atomic mass is 32.2. The zero-order valence-electron chi connectivity index (χ0n) is 11.8. The quantitative estimate of drug-likeness (QED) is 0.797. The number of hydrogen-bond acceptors (Lipinski definition) is 4. The van der Waals surface area contributed by atoms with Gasteiger partial charge < -0.3 is 5.73 Å². The van der Waals surface area contributed by atoms with E-state index in [1.54, 1.807) is 12.3 Å². The molecule has 5 nitrogen and oxygen atoms in total. The third kappa shape index (κ3) is 4.56. The van der Waals surface area contributed by atoms with E-state index in [1.807, 2.05) is 6.92 Å². The second-order valence-corrected chi connectivity index (χ2v) is 6.61. The van der Waals surface area contributed by atoms with E-state index in [0.29, 0.717) is 11.6 Å². The minimum Gasteiger partial charge on any atom is -0.325 e. The molecule has 2 unspecified atom stereocenters. The standard InChI is InChI=1S/C13H23N3O2S/c1-4-10(2)8-11(3)16-19(17,18)13-6-5-7-15-12(13)9-14/h5-7,10-11,16H,4,8-9,14H2,1-3H3. The highest BCUT2D eigenvalue weighted by Gasteiger charge is 2.21. The molecule has 108 valence electrons. The molecule has 1 heterocycles. The van der Waals surface area contributed by atoms with Gasteiger partial charge >= 0.3 is 0 Å². The molecule has 1 aromatic heterocycles. The Morgan fingerprint density at radius 1 is 1.42 bits per heavy atom. The number of nitrogens with zero attached hydrogens (tertiary/aromatic N) is 1. The number of rotatable bonds is 7. The summed E-state index contributed by atoms with van der Waals surface area (Å²) in [6.07, 6.45) is 3.39. The zero-order chi connectivity index (χ0) is 14.5. The van der Waals surface area contributed by atoms with Gasteiger partial charge in [0.25, 0.3) is 0 Å². The second kappa shape index (κ2) is 6.98. The number of sulfonamides is 1. The lowest BCUT2D eigenvalue weighted by molar-refractivity contribution is 0.445. The number of nitrogens with two attached hydrogens (primary N) is 1. The van der Waals surface area contributed by atoms with Crippen LogP contribution in [0.1, 0.15) is 39.3 Å². The van der Waals surface area contributed by atoms with Gasteiger partial charge in [0.15, 0.2) is 0 Å². The molecule has 0 saturated heterocycles. The summed E-state index contributed by atoms with van der Waals surface area (Å²) in [6.45, 7) is 6.19. The molecule has 0 aromatic carbocycles. The van der Waals surface area contributed by atoms with Crippen molar-refractivity contribution in [2.75, 3.05) is 0 Å². The van der Waals surface area contributed by atoms with Crippen LogP contribution < -0.4 is 10.5 Å². The molecule has 1 rings (SSSR count). The molecule has 19 heavy (non-hydrogen) atoms. The fourth-order valence-electron chi connectivity index (χ4n) is 1.97. The Labute approximate surface area is 115 Å². The van der Waals surface area contributed by atoms with Crippen molar-refractivity contribution in [3.05, 3.63) is 24.0 Å². The Bertz CT molecular complexity index is 502. The third-order valence-corrected chi connectivity index (χ3v) is 4.80. The van der Waals surface area contributed by atoms with Crippen LogP contribution in [0.15, 0.2) is 23.2 Å². The average molecular weight is 285 g/mol. The Balaban J connectivity index is 2.86. The molecule has 0 amide bonds. The summed E-state index contributed by atoms with van der Waals surface area (Å²) in [7, 11) is -3.55. The maximum absolute atomic E-state index is 12.3. The molecule has 6 heteroatoms. The number of nitrogens with one attached hydrogen (secondary N) is 1. The van der Waals surface area contributed by atoms with Crippen molar-refractivity contribution in [1.82, 2.24) is 9.71 Å². The van der Waals surface area contributed by atoms with Crippen LogP contribution in [0.5, 0.6) is 0 Å². The van der Waals surface area contributed by atoms with Gasteiger partial charge in [-0.25, -0.2) is 13.1 Å². The van der Waals surface area contributed by atoms with Crippen LogP contribution in [-0.2, 0) is 16.6 Å². The summed E-state index contributed by atoms with van der Waals surface area (Å²) >= 11 is 0. The normalized spacial score (nSPS) is 15.2. The maximum atomic E-state index is 12.3. The van der Waals surface area contributed by atoms with E-state index in [9.17, 15) is 8.42 Å². The van der Waals surface area contributed by atoms with Crippen LogP contribution in [0.2, 0.25) is 0 Å². The molecule has 0 radical (unpaired) electrons. The summed E-state index contributed by atoms with van der Waals surface area (Å²) in [4.78, 5) is 4.18. The topological polar surface area (TPSA) is 85.1 Å². The molecule has 1 aromatic rings. The van der Waals surface area contributed by atoms with E-state index >= 15 is 0 Å². The average Bonchev–Trinajstić information content (AvgIpc) is 2.37. The first kappa shape index (κ1) is 16.1. The predicted molar refractivity (Wildman–Crippen MR) is 76.0 cm³/mol. The first-order chi connectivity index (χ1) is 8.90. The van der Waals surface area contributed by atoms with Gasteiger partial charge in [-0.2, -0.15) is 0 Å². The van der Waals surface area contributed by atoms with E-state index < -0.39 is 10.0 Å². The summed E-state index contributed by atoms with van der Waals surface area (Å²) in [5, 5.41) is 0. The van der Waals surface area contributed by atoms with Crippen LogP contribution in [0.25, 0.3) is 0 Å². The van der Waals surface area contributed by atoms with Gasteiger partial charge in [-0.05, 0) is 31.4 Å². The van der Waals surface area contributed by atoms with Gasteiger partial charge in [-0.15, -0.1) is 0 Å². The molecule has 0 aliphatic rings. The van der Waals surface area contributed by atoms with E-state index in [1.165, 1.54) is 6.07 Å². The monoisotopic (exact) mass is 285 g/mol. The lowest BCUT2D eigenvalue weighted by atomic mass is 10.0. The Morgan fingerprint density at radius 3 is 2.68 bits per heavy atom. The van der Waals surface area contributed by atoms with Crippen LogP contribution >= 0.6 is 0 Å². The molecule has 2 atom stereocenters. The molecule has 0 bridgehead atoms. The lowest BCUT2D eigenvalue weighted by Gasteiger charge is -2.18. The minimum atomic E-state index is -3.55. The molecule has 0 spiro atoms. The third-order valence-electron chi connectivity index (χ3n) is 3.14. The molecule has 0 fully saturated rings. The maximum Gasteiger partial charge on any atom is 0.242 e. The Hall–Kier alpha value is -0.980. The van der Waals surface area contributed by atoms with Gasteiger partial charge in [0.05, 0.1) is 5.69 Å². The number of hydrogen-bond donors (Lipinski definition) is 2. The van der Waals surface area contributed by atoms with Crippen molar-refractivity contribution in [3.8, 4) is 0 Å². The summed E-state index contributed by atoms with van der Waals surface area (Å²) in [6, 6.07) is 3.03. The van der Waals surface area contributed by atoms with E-state index in [0.717, 1.165) is 12.8 Å². The highest BCUT2D eigenvalue weighted by molar-refractivity contribution is 7.89. The molecule has 3 N–H and O–H groups in total. The Morgan fingerprint density at radius 2 is 2.11 bits per heavy atom. The van der Waals surface area contributed by atoms with E-state index in [4.69, 9.17) is 5.73 Å². The second-order valence-electron chi connectivity index (χ2n) is 4.92. The summed E-state index contributed by atoms with van der Waals surface area (Å²) < 4.78 is 27.3. The molecular weight excluding hydrogens is 262 g/mol. The Kier molecular flexibility index (Phi) is 5.90. The van der Waals surface area contributed by atoms with Gasteiger partial charge in [0, 0.05) is 18.8 Å². The minimum absolute atomic E-state index is 0.106. The van der Waals surface area contributed by atoms with Crippen LogP contribution in [0.3, 0.4) is 0 Å².